The van der Waals surface area contributed by atoms with Crippen LogP contribution in [0.25, 0.3) is 0 Å². The summed E-state index contributed by atoms with van der Waals surface area (Å²) in [5, 5.41) is 2.43. The van der Waals surface area contributed by atoms with Crippen molar-refractivity contribution in [3.8, 4) is 0 Å². The highest BCUT2D eigenvalue weighted by Gasteiger charge is 2.63. The average molecular weight is 370 g/mol. The zero-order chi connectivity index (χ0) is 18.7. The molecule has 4 rings (SSSR count). The van der Waals surface area contributed by atoms with Crippen LogP contribution in [0.1, 0.15) is 56.6 Å². The molecular weight excluding hydrogens is 342 g/mol. The molecule has 1 amide bonds. The third kappa shape index (κ3) is 2.36. The first-order valence-electron chi connectivity index (χ1n) is 9.34. The molecule has 4 nitrogen and oxygen atoms in total. The van der Waals surface area contributed by atoms with Crippen molar-refractivity contribution in [3.63, 3.8) is 0 Å². The number of hydrogen-bond donors (Lipinski definition) is 1. The largest absolute Gasteiger partial charge is 0.369 e. The number of thioether (sulfide) groups is 1. The Morgan fingerprint density at radius 2 is 1.96 bits per heavy atom. The molecule has 138 valence electrons. The number of carbonyl (C=O) groups excluding carboxylic acids is 1. The lowest BCUT2D eigenvalue weighted by Crippen LogP contribution is -2.57. The van der Waals surface area contributed by atoms with Gasteiger partial charge in [0.1, 0.15) is 0 Å². The second-order valence-electron chi connectivity index (χ2n) is 8.44. The van der Waals surface area contributed by atoms with Gasteiger partial charge in [0.25, 0.3) is 0 Å². The van der Waals surface area contributed by atoms with E-state index in [9.17, 15) is 4.79 Å². The monoisotopic (exact) mass is 369 g/mol. The van der Waals surface area contributed by atoms with E-state index in [0.29, 0.717) is 11.9 Å². The van der Waals surface area contributed by atoms with Crippen LogP contribution in [0.4, 0.5) is 0 Å². The van der Waals surface area contributed by atoms with E-state index in [-0.39, 0.29) is 22.5 Å². The van der Waals surface area contributed by atoms with E-state index in [1.54, 1.807) is 7.05 Å². The lowest BCUT2D eigenvalue weighted by molar-refractivity contribution is -0.130. The molecule has 0 bridgehead atoms. The van der Waals surface area contributed by atoms with E-state index in [4.69, 9.17) is 10.7 Å². The highest BCUT2D eigenvalue weighted by molar-refractivity contribution is 8.03. The summed E-state index contributed by atoms with van der Waals surface area (Å²) < 4.78 is 0. The summed E-state index contributed by atoms with van der Waals surface area (Å²) in [4.78, 5) is 19.9. The molecule has 1 fully saturated rings. The van der Waals surface area contributed by atoms with Crippen molar-refractivity contribution in [3.05, 3.63) is 46.9 Å². The van der Waals surface area contributed by atoms with Crippen molar-refractivity contribution < 1.29 is 4.79 Å². The second-order valence-corrected chi connectivity index (χ2v) is 9.45. The molecule has 2 N–H and O–H groups in total. The van der Waals surface area contributed by atoms with E-state index in [1.807, 2.05) is 11.8 Å². The van der Waals surface area contributed by atoms with Crippen LogP contribution in [0.5, 0.6) is 0 Å². The number of nitrogens with two attached hydrogens (primary N) is 1. The first-order chi connectivity index (χ1) is 12.3. The third-order valence-electron chi connectivity index (χ3n) is 6.46. The zero-order valence-electron chi connectivity index (χ0n) is 15.9. The molecule has 1 aromatic rings. The average Bonchev–Trinajstić information content (AvgIpc) is 3.11. The number of aliphatic imine (C=N–C) groups is 1. The van der Waals surface area contributed by atoms with E-state index in [1.165, 1.54) is 10.5 Å². The third-order valence-corrected chi connectivity index (χ3v) is 7.97. The smallest absolute Gasteiger partial charge is 0.239 e. The topological polar surface area (TPSA) is 58.7 Å². The van der Waals surface area contributed by atoms with Crippen molar-refractivity contribution in [1.29, 1.82) is 0 Å². The van der Waals surface area contributed by atoms with E-state index in [0.717, 1.165) is 18.4 Å². The van der Waals surface area contributed by atoms with Gasteiger partial charge in [-0.2, -0.15) is 0 Å². The van der Waals surface area contributed by atoms with Gasteiger partial charge in [0, 0.05) is 17.7 Å². The maximum absolute atomic E-state index is 13.3. The summed E-state index contributed by atoms with van der Waals surface area (Å²) in [5.74, 6) is 0.606. The predicted octanol–water partition coefficient (Wildman–Crippen LogP) is 3.85. The standard InChI is InChI=1S/C21H27N3OS/c1-13(2)14-5-7-15(8-6-14)16-17(25)24(4)19(22)23-21(16)10-9-20(3)11-12-26-18(20)21/h5-8,11-13,16,18H,9-10H2,1-4H3,(H2,22,23)/t16-,18?,20?,21-/m0/s1. The molecular formula is C21H27N3OS. The minimum atomic E-state index is -0.462. The molecule has 2 heterocycles. The number of benzene rings is 1. The van der Waals surface area contributed by atoms with Gasteiger partial charge in [0.15, 0.2) is 5.96 Å². The minimum absolute atomic E-state index is 0.0616. The summed E-state index contributed by atoms with van der Waals surface area (Å²) in [6.45, 7) is 6.66. The van der Waals surface area contributed by atoms with Crippen LogP contribution in [0, 0.1) is 5.41 Å². The minimum Gasteiger partial charge on any atom is -0.369 e. The quantitative estimate of drug-likeness (QED) is 0.861. The van der Waals surface area contributed by atoms with E-state index < -0.39 is 5.54 Å². The summed E-state index contributed by atoms with van der Waals surface area (Å²) in [6.07, 6.45) is 4.22. The van der Waals surface area contributed by atoms with Crippen molar-refractivity contribution in [1.82, 2.24) is 4.90 Å². The Balaban J connectivity index is 1.84. The fraction of sp³-hybridized carbons (Fsp3) is 0.524. The van der Waals surface area contributed by atoms with Crippen molar-refractivity contribution in [2.45, 2.75) is 56.2 Å². The zero-order valence-corrected chi connectivity index (χ0v) is 16.7. The van der Waals surface area contributed by atoms with Gasteiger partial charge in [-0.05, 0) is 35.3 Å². The number of allylic oxidation sites excluding steroid dienone is 1. The number of hydrogen-bond acceptors (Lipinski definition) is 4. The number of carbonyl (C=O) groups is 1. The van der Waals surface area contributed by atoms with Crippen LogP contribution >= 0.6 is 11.8 Å². The Kier molecular flexibility index (Phi) is 3.99. The number of guanidine groups is 1. The fourth-order valence-corrected chi connectivity index (χ4v) is 6.40. The molecule has 0 saturated heterocycles. The summed E-state index contributed by atoms with van der Waals surface area (Å²) in [7, 11) is 1.73. The van der Waals surface area contributed by atoms with Crippen LogP contribution in [0.3, 0.4) is 0 Å². The maximum atomic E-state index is 13.3. The van der Waals surface area contributed by atoms with Gasteiger partial charge in [-0.25, -0.2) is 4.99 Å². The molecule has 2 unspecified atom stereocenters. The number of fused-ring (bicyclic) bond motifs is 2. The van der Waals surface area contributed by atoms with Crippen LogP contribution in [0.2, 0.25) is 0 Å². The van der Waals surface area contributed by atoms with Gasteiger partial charge in [-0.1, -0.05) is 51.1 Å². The fourth-order valence-electron chi connectivity index (χ4n) is 4.81. The number of likely N-dealkylation sites (N-methyl/N-ethyl adjacent to an activating group) is 1. The number of rotatable bonds is 2. The van der Waals surface area contributed by atoms with Gasteiger partial charge in [0.2, 0.25) is 5.91 Å². The molecule has 1 aromatic carbocycles. The van der Waals surface area contributed by atoms with Gasteiger partial charge in [-0.15, -0.1) is 11.8 Å². The van der Waals surface area contributed by atoms with Gasteiger partial charge in [-0.3, -0.25) is 9.69 Å². The molecule has 1 spiro atoms. The molecule has 4 atom stereocenters. The number of amides is 1. The van der Waals surface area contributed by atoms with E-state index >= 15 is 0 Å². The first kappa shape index (κ1) is 17.7. The highest BCUT2D eigenvalue weighted by atomic mass is 32.2. The van der Waals surface area contributed by atoms with Crippen molar-refractivity contribution in [2.24, 2.45) is 16.1 Å². The molecule has 26 heavy (non-hydrogen) atoms. The Hall–Kier alpha value is -1.75. The van der Waals surface area contributed by atoms with E-state index in [2.05, 4.69) is 56.5 Å². The van der Waals surface area contributed by atoms with Crippen molar-refractivity contribution >= 4 is 23.6 Å². The molecule has 1 aliphatic carbocycles. The lowest BCUT2D eigenvalue weighted by Gasteiger charge is -2.44. The summed E-state index contributed by atoms with van der Waals surface area (Å²) in [5.41, 5.74) is 8.14. The predicted molar refractivity (Wildman–Crippen MR) is 108 cm³/mol. The summed E-state index contributed by atoms with van der Waals surface area (Å²) in [6, 6.07) is 8.54. The first-order valence-corrected chi connectivity index (χ1v) is 10.3. The molecule has 1 saturated carbocycles. The van der Waals surface area contributed by atoms with Crippen LogP contribution in [-0.4, -0.2) is 34.6 Å². The van der Waals surface area contributed by atoms with Crippen LogP contribution in [0.15, 0.2) is 40.7 Å². The molecule has 3 aliphatic rings. The normalized spacial score (nSPS) is 36.1. The molecule has 0 aromatic heterocycles. The molecule has 0 radical (unpaired) electrons. The molecule has 5 heteroatoms. The highest BCUT2D eigenvalue weighted by Crippen LogP contribution is 2.62. The van der Waals surface area contributed by atoms with Gasteiger partial charge >= 0.3 is 0 Å². The summed E-state index contributed by atoms with van der Waals surface area (Å²) >= 11 is 1.82. The Morgan fingerprint density at radius 1 is 1.27 bits per heavy atom. The van der Waals surface area contributed by atoms with Crippen LogP contribution in [-0.2, 0) is 4.79 Å². The number of nitrogens with zero attached hydrogens (tertiary/aromatic N) is 2. The van der Waals surface area contributed by atoms with Crippen molar-refractivity contribution in [2.75, 3.05) is 7.05 Å². The Labute approximate surface area is 159 Å². The second kappa shape index (κ2) is 5.88. The SMILES string of the molecule is CC(C)c1ccc([C@H]2C(=O)N(C)C(N)=N[C@@]23CCC2(C)C=CSC23)cc1. The Bertz CT molecular complexity index is 800. The Morgan fingerprint density at radius 3 is 2.62 bits per heavy atom. The lowest BCUT2D eigenvalue weighted by atomic mass is 9.73. The molecule has 2 aliphatic heterocycles. The van der Waals surface area contributed by atoms with Crippen LogP contribution < -0.4 is 5.73 Å². The van der Waals surface area contributed by atoms with Gasteiger partial charge < -0.3 is 5.73 Å². The van der Waals surface area contributed by atoms with Gasteiger partial charge in [0.05, 0.1) is 11.5 Å². The maximum Gasteiger partial charge on any atom is 0.239 e.